The molecule has 1 unspecified atom stereocenters. The Labute approximate surface area is 112 Å². The number of halogens is 1. The van der Waals surface area contributed by atoms with Crippen molar-refractivity contribution in [2.45, 2.75) is 31.3 Å². The minimum atomic E-state index is -0.533. The molecule has 1 aromatic carbocycles. The first kappa shape index (κ1) is 13.1. The molecule has 2 rings (SSSR count). The molecule has 1 atom stereocenters. The van der Waals surface area contributed by atoms with Gasteiger partial charge in [0.05, 0.1) is 5.60 Å². The van der Waals surface area contributed by atoms with Gasteiger partial charge in [-0.1, -0.05) is 34.1 Å². The highest BCUT2D eigenvalue weighted by Gasteiger charge is 2.29. The molecule has 17 heavy (non-hydrogen) atoms. The van der Waals surface area contributed by atoms with Crippen molar-refractivity contribution in [1.29, 1.82) is 0 Å². The van der Waals surface area contributed by atoms with E-state index in [0.29, 0.717) is 0 Å². The van der Waals surface area contributed by atoms with Crippen molar-refractivity contribution in [2.75, 3.05) is 20.1 Å². The summed E-state index contributed by atoms with van der Waals surface area (Å²) in [5.41, 5.74) is 0.675. The van der Waals surface area contributed by atoms with Crippen LogP contribution in [0.15, 0.2) is 28.7 Å². The van der Waals surface area contributed by atoms with Crippen molar-refractivity contribution >= 4 is 15.9 Å². The van der Waals surface area contributed by atoms with E-state index in [-0.39, 0.29) is 0 Å². The fraction of sp³-hybridized carbons (Fsp3) is 0.571. The SMILES string of the molecule is CN1CCCC(O)(Cc2ccccc2Br)CC1. The van der Waals surface area contributed by atoms with Crippen molar-refractivity contribution in [2.24, 2.45) is 0 Å². The minimum Gasteiger partial charge on any atom is -0.389 e. The maximum atomic E-state index is 10.7. The fourth-order valence-corrected chi connectivity index (χ4v) is 2.91. The number of rotatable bonds is 2. The predicted octanol–water partition coefficient (Wildman–Crippen LogP) is 2.84. The Morgan fingerprint density at radius 2 is 2.06 bits per heavy atom. The van der Waals surface area contributed by atoms with Gasteiger partial charge in [0.2, 0.25) is 0 Å². The molecule has 1 N–H and O–H groups in total. The Morgan fingerprint density at radius 3 is 2.82 bits per heavy atom. The molecule has 1 aliphatic heterocycles. The first-order valence-corrected chi connectivity index (χ1v) is 7.03. The highest BCUT2D eigenvalue weighted by atomic mass is 79.9. The maximum Gasteiger partial charge on any atom is 0.0701 e. The second-order valence-corrected chi connectivity index (χ2v) is 6.00. The van der Waals surface area contributed by atoms with Crippen molar-refractivity contribution in [3.05, 3.63) is 34.3 Å². The van der Waals surface area contributed by atoms with Crippen LogP contribution in [0, 0.1) is 0 Å². The summed E-state index contributed by atoms with van der Waals surface area (Å²) in [5.74, 6) is 0. The topological polar surface area (TPSA) is 23.5 Å². The Kier molecular flexibility index (Phi) is 4.23. The zero-order valence-corrected chi connectivity index (χ0v) is 11.9. The Hall–Kier alpha value is -0.380. The van der Waals surface area contributed by atoms with Gasteiger partial charge in [-0.25, -0.2) is 0 Å². The summed E-state index contributed by atoms with van der Waals surface area (Å²) < 4.78 is 1.10. The van der Waals surface area contributed by atoms with Crippen LogP contribution in [0.2, 0.25) is 0 Å². The fourth-order valence-electron chi connectivity index (χ4n) is 2.49. The molecule has 0 spiro atoms. The van der Waals surface area contributed by atoms with Crippen LogP contribution >= 0.6 is 15.9 Å². The standard InChI is InChI=1S/C14H20BrNO/c1-16-9-4-7-14(17,8-10-16)11-12-5-2-3-6-13(12)15/h2-3,5-6,17H,4,7-11H2,1H3. The summed E-state index contributed by atoms with van der Waals surface area (Å²) in [6.45, 7) is 2.08. The summed E-state index contributed by atoms with van der Waals surface area (Å²) in [6, 6.07) is 8.18. The van der Waals surface area contributed by atoms with E-state index in [0.717, 1.165) is 43.2 Å². The van der Waals surface area contributed by atoms with Crippen LogP contribution in [0.25, 0.3) is 0 Å². The van der Waals surface area contributed by atoms with E-state index in [1.807, 2.05) is 18.2 Å². The van der Waals surface area contributed by atoms with Gasteiger partial charge < -0.3 is 10.0 Å². The molecule has 0 radical (unpaired) electrons. The van der Waals surface area contributed by atoms with Crippen LogP contribution in [0.1, 0.15) is 24.8 Å². The average Bonchev–Trinajstić information content (AvgIpc) is 2.45. The molecule has 1 heterocycles. The minimum absolute atomic E-state index is 0.533. The number of aliphatic hydroxyl groups is 1. The lowest BCUT2D eigenvalue weighted by molar-refractivity contribution is 0.0261. The third-order valence-electron chi connectivity index (χ3n) is 3.62. The van der Waals surface area contributed by atoms with Crippen LogP contribution in [0.5, 0.6) is 0 Å². The van der Waals surface area contributed by atoms with Gasteiger partial charge in [-0.3, -0.25) is 0 Å². The first-order chi connectivity index (χ1) is 8.09. The van der Waals surface area contributed by atoms with E-state index in [1.54, 1.807) is 0 Å². The van der Waals surface area contributed by atoms with Crippen molar-refractivity contribution in [1.82, 2.24) is 4.90 Å². The highest BCUT2D eigenvalue weighted by molar-refractivity contribution is 9.10. The van der Waals surface area contributed by atoms with Gasteiger partial charge >= 0.3 is 0 Å². The predicted molar refractivity (Wildman–Crippen MR) is 74.1 cm³/mol. The van der Waals surface area contributed by atoms with E-state index in [9.17, 15) is 5.11 Å². The zero-order valence-electron chi connectivity index (χ0n) is 10.3. The number of nitrogens with zero attached hydrogens (tertiary/aromatic N) is 1. The molecule has 1 aromatic rings. The van der Waals surface area contributed by atoms with Crippen LogP contribution in [0.3, 0.4) is 0 Å². The second kappa shape index (κ2) is 5.51. The molecule has 2 nitrogen and oxygen atoms in total. The number of benzene rings is 1. The first-order valence-electron chi connectivity index (χ1n) is 6.23. The molecule has 0 bridgehead atoms. The third-order valence-corrected chi connectivity index (χ3v) is 4.39. The molecule has 1 saturated heterocycles. The molecule has 94 valence electrons. The highest BCUT2D eigenvalue weighted by Crippen LogP contribution is 2.29. The summed E-state index contributed by atoms with van der Waals surface area (Å²) in [7, 11) is 2.13. The molecule has 0 aromatic heterocycles. The Bertz CT molecular complexity index is 382. The van der Waals surface area contributed by atoms with Gasteiger partial charge in [0.15, 0.2) is 0 Å². The van der Waals surface area contributed by atoms with Crippen molar-refractivity contribution < 1.29 is 5.11 Å². The van der Waals surface area contributed by atoms with Gasteiger partial charge in [0.1, 0.15) is 0 Å². The molecule has 0 saturated carbocycles. The summed E-state index contributed by atoms with van der Waals surface area (Å²) >= 11 is 3.56. The Balaban J connectivity index is 2.09. The molecule has 1 aliphatic rings. The summed E-state index contributed by atoms with van der Waals surface area (Å²) in [4.78, 5) is 2.30. The van der Waals surface area contributed by atoms with Gasteiger partial charge in [-0.05, 0) is 44.5 Å². The smallest absolute Gasteiger partial charge is 0.0701 e. The van der Waals surface area contributed by atoms with E-state index in [4.69, 9.17) is 0 Å². The monoisotopic (exact) mass is 297 g/mol. The Morgan fingerprint density at radius 1 is 1.29 bits per heavy atom. The maximum absolute atomic E-state index is 10.7. The molecule has 0 amide bonds. The van der Waals surface area contributed by atoms with Crippen LogP contribution in [0.4, 0.5) is 0 Å². The number of likely N-dealkylation sites (tertiary alicyclic amines) is 1. The number of hydrogen-bond acceptors (Lipinski definition) is 2. The van der Waals surface area contributed by atoms with Gasteiger partial charge in [0.25, 0.3) is 0 Å². The normalized spacial score (nSPS) is 26.8. The molecule has 1 fully saturated rings. The van der Waals surface area contributed by atoms with Crippen LogP contribution in [-0.4, -0.2) is 35.7 Å². The third kappa shape index (κ3) is 3.54. The van der Waals surface area contributed by atoms with E-state index < -0.39 is 5.60 Å². The second-order valence-electron chi connectivity index (χ2n) is 5.15. The van der Waals surface area contributed by atoms with Gasteiger partial charge in [-0.15, -0.1) is 0 Å². The quantitative estimate of drug-likeness (QED) is 0.907. The average molecular weight is 298 g/mol. The lowest BCUT2D eigenvalue weighted by Crippen LogP contribution is -2.32. The summed E-state index contributed by atoms with van der Waals surface area (Å²) in [6.07, 6.45) is 3.60. The molecule has 0 aliphatic carbocycles. The largest absolute Gasteiger partial charge is 0.389 e. The van der Waals surface area contributed by atoms with Crippen LogP contribution < -0.4 is 0 Å². The van der Waals surface area contributed by atoms with Crippen LogP contribution in [-0.2, 0) is 6.42 Å². The van der Waals surface area contributed by atoms with E-state index in [2.05, 4.69) is 33.9 Å². The van der Waals surface area contributed by atoms with Gasteiger partial charge in [-0.2, -0.15) is 0 Å². The van der Waals surface area contributed by atoms with E-state index >= 15 is 0 Å². The number of hydrogen-bond donors (Lipinski definition) is 1. The zero-order chi connectivity index (χ0) is 12.3. The lowest BCUT2D eigenvalue weighted by atomic mass is 9.88. The molecular formula is C14H20BrNO. The van der Waals surface area contributed by atoms with Gasteiger partial charge in [0, 0.05) is 17.4 Å². The lowest BCUT2D eigenvalue weighted by Gasteiger charge is -2.27. The molecule has 3 heteroatoms. The molecular weight excluding hydrogens is 278 g/mol. The summed E-state index contributed by atoms with van der Waals surface area (Å²) in [5, 5.41) is 10.7. The van der Waals surface area contributed by atoms with Crippen molar-refractivity contribution in [3.8, 4) is 0 Å². The van der Waals surface area contributed by atoms with E-state index in [1.165, 1.54) is 5.56 Å². The van der Waals surface area contributed by atoms with Crippen molar-refractivity contribution in [3.63, 3.8) is 0 Å².